The van der Waals surface area contributed by atoms with Crippen LogP contribution in [0.4, 0.5) is 0 Å². The first kappa shape index (κ1) is 7.48. The second-order valence-corrected chi connectivity index (χ2v) is 2.96. The second kappa shape index (κ2) is 2.97. The van der Waals surface area contributed by atoms with Gasteiger partial charge in [0.25, 0.3) is 0 Å². The Morgan fingerprint density at radius 3 is 2.50 bits per heavy atom. The third kappa shape index (κ3) is 1.45. The minimum absolute atomic E-state index is 0.466. The summed E-state index contributed by atoms with van der Waals surface area (Å²) in [4.78, 5) is 0. The fraction of sp³-hybridized carbons (Fsp3) is 0.375. The van der Waals surface area contributed by atoms with Crippen LogP contribution in [0.15, 0.2) is 24.4 Å². The Morgan fingerprint density at radius 2 is 2.10 bits per heavy atom. The molecule has 2 heteroatoms. The lowest BCUT2D eigenvalue weighted by Crippen LogP contribution is -2.00. The summed E-state index contributed by atoms with van der Waals surface area (Å²) in [6.45, 7) is 4.24. The topological polar surface area (TPSA) is 4.93 Å². The molecule has 54 valence electrons. The molecule has 10 heavy (non-hydrogen) atoms. The number of rotatable bonds is 1. The van der Waals surface area contributed by atoms with Gasteiger partial charge in [-0.2, -0.15) is 0 Å². The zero-order chi connectivity index (χ0) is 7.56. The van der Waals surface area contributed by atoms with E-state index in [1.165, 1.54) is 0 Å². The summed E-state index contributed by atoms with van der Waals surface area (Å²) in [7, 11) is 0. The van der Waals surface area contributed by atoms with Crippen LogP contribution in [0.1, 0.15) is 19.9 Å². The van der Waals surface area contributed by atoms with Crippen molar-refractivity contribution >= 4 is 12.2 Å². The van der Waals surface area contributed by atoms with Crippen LogP contribution in [-0.2, 0) is 0 Å². The lowest BCUT2D eigenvalue weighted by molar-refractivity contribution is 0.589. The monoisotopic (exact) mass is 153 g/mol. The van der Waals surface area contributed by atoms with Crippen molar-refractivity contribution in [2.75, 3.05) is 0 Å². The van der Waals surface area contributed by atoms with Gasteiger partial charge >= 0.3 is 0 Å². The normalized spacial score (nSPS) is 10.3. The van der Waals surface area contributed by atoms with Gasteiger partial charge in [0.1, 0.15) is 4.64 Å². The maximum absolute atomic E-state index is 5.09. The Balaban J connectivity index is 3.16. The molecule has 0 radical (unpaired) electrons. The lowest BCUT2D eigenvalue weighted by Gasteiger charge is -2.08. The standard InChI is InChI=1S/C8H11NS/c1-7(2)9-6-4-3-5-8(9)10/h3-7H,1-2H3. The zero-order valence-electron chi connectivity index (χ0n) is 6.24. The molecule has 0 unspecified atom stereocenters. The van der Waals surface area contributed by atoms with Gasteiger partial charge in [0.2, 0.25) is 0 Å². The highest BCUT2D eigenvalue weighted by atomic mass is 32.1. The van der Waals surface area contributed by atoms with Crippen molar-refractivity contribution in [3.05, 3.63) is 29.0 Å². The van der Waals surface area contributed by atoms with Crippen molar-refractivity contribution in [1.82, 2.24) is 4.57 Å². The van der Waals surface area contributed by atoms with Gasteiger partial charge in [0.05, 0.1) is 0 Å². The lowest BCUT2D eigenvalue weighted by atomic mass is 10.3. The Kier molecular flexibility index (Phi) is 2.22. The minimum atomic E-state index is 0.466. The van der Waals surface area contributed by atoms with Crippen molar-refractivity contribution in [3.8, 4) is 0 Å². The first-order valence-electron chi connectivity index (χ1n) is 3.39. The van der Waals surface area contributed by atoms with Crippen LogP contribution in [-0.4, -0.2) is 4.57 Å². The summed E-state index contributed by atoms with van der Waals surface area (Å²) in [5.41, 5.74) is 0. The number of nitrogens with zero attached hydrogens (tertiary/aromatic N) is 1. The molecule has 0 N–H and O–H groups in total. The number of hydrogen-bond donors (Lipinski definition) is 0. The molecule has 0 spiro atoms. The number of hydrogen-bond acceptors (Lipinski definition) is 1. The quantitative estimate of drug-likeness (QED) is 0.562. The summed E-state index contributed by atoms with van der Waals surface area (Å²) in [5.74, 6) is 0. The molecular formula is C8H11NS. The smallest absolute Gasteiger partial charge is 0.106 e. The van der Waals surface area contributed by atoms with Crippen LogP contribution >= 0.6 is 12.2 Å². The molecule has 1 nitrogen and oxygen atoms in total. The molecule has 0 saturated carbocycles. The van der Waals surface area contributed by atoms with Crippen molar-refractivity contribution in [1.29, 1.82) is 0 Å². The SMILES string of the molecule is CC(C)n1ccccc1=S. The van der Waals surface area contributed by atoms with Gasteiger partial charge in [-0.15, -0.1) is 0 Å². The number of aromatic nitrogens is 1. The van der Waals surface area contributed by atoms with Crippen molar-refractivity contribution in [2.45, 2.75) is 19.9 Å². The third-order valence-corrected chi connectivity index (χ3v) is 1.75. The van der Waals surface area contributed by atoms with E-state index in [0.29, 0.717) is 6.04 Å². The molecule has 0 fully saturated rings. The predicted octanol–water partition coefficient (Wildman–Crippen LogP) is 2.80. The largest absolute Gasteiger partial charge is 0.337 e. The van der Waals surface area contributed by atoms with Gasteiger partial charge in [-0.1, -0.05) is 18.3 Å². The molecule has 0 aliphatic heterocycles. The summed E-state index contributed by atoms with van der Waals surface area (Å²) in [6.07, 6.45) is 2.01. The average Bonchev–Trinajstić information content (AvgIpc) is 1.88. The molecule has 0 aliphatic rings. The van der Waals surface area contributed by atoms with Gasteiger partial charge in [-0.3, -0.25) is 0 Å². The van der Waals surface area contributed by atoms with Gasteiger partial charge in [0, 0.05) is 12.2 Å². The van der Waals surface area contributed by atoms with Crippen LogP contribution in [0, 0.1) is 4.64 Å². The van der Waals surface area contributed by atoms with Gasteiger partial charge < -0.3 is 4.57 Å². The van der Waals surface area contributed by atoms with Crippen molar-refractivity contribution in [3.63, 3.8) is 0 Å². The van der Waals surface area contributed by atoms with Crippen LogP contribution in [0.25, 0.3) is 0 Å². The fourth-order valence-electron chi connectivity index (χ4n) is 0.866. The third-order valence-electron chi connectivity index (χ3n) is 1.41. The summed E-state index contributed by atoms with van der Waals surface area (Å²) in [6, 6.07) is 6.36. The van der Waals surface area contributed by atoms with Gasteiger partial charge in [-0.25, -0.2) is 0 Å². The molecule has 1 rings (SSSR count). The van der Waals surface area contributed by atoms with E-state index >= 15 is 0 Å². The van der Waals surface area contributed by atoms with E-state index < -0.39 is 0 Å². The highest BCUT2D eigenvalue weighted by Gasteiger charge is 1.93. The minimum Gasteiger partial charge on any atom is -0.337 e. The molecule has 1 aromatic heterocycles. The van der Waals surface area contributed by atoms with E-state index in [9.17, 15) is 0 Å². The molecule has 0 amide bonds. The van der Waals surface area contributed by atoms with Crippen LogP contribution in [0.2, 0.25) is 0 Å². The Hall–Kier alpha value is -0.630. The van der Waals surface area contributed by atoms with Crippen molar-refractivity contribution in [2.24, 2.45) is 0 Å². The highest BCUT2D eigenvalue weighted by Crippen LogP contribution is 2.03. The van der Waals surface area contributed by atoms with E-state index in [2.05, 4.69) is 18.4 Å². The molecule has 1 heterocycles. The van der Waals surface area contributed by atoms with E-state index in [1.807, 2.05) is 24.4 Å². The Labute approximate surface area is 66.3 Å². The van der Waals surface area contributed by atoms with E-state index in [-0.39, 0.29) is 0 Å². The van der Waals surface area contributed by atoms with E-state index in [1.54, 1.807) is 0 Å². The van der Waals surface area contributed by atoms with Gasteiger partial charge in [0.15, 0.2) is 0 Å². The van der Waals surface area contributed by atoms with Crippen LogP contribution in [0.5, 0.6) is 0 Å². The predicted molar refractivity (Wildman–Crippen MR) is 45.7 cm³/mol. The maximum Gasteiger partial charge on any atom is 0.106 e. The average molecular weight is 153 g/mol. The first-order chi connectivity index (χ1) is 4.72. The Bertz CT molecular complexity index is 262. The maximum atomic E-state index is 5.09. The fourth-order valence-corrected chi connectivity index (χ4v) is 1.22. The van der Waals surface area contributed by atoms with Crippen LogP contribution < -0.4 is 0 Å². The summed E-state index contributed by atoms with van der Waals surface area (Å²) < 4.78 is 2.97. The molecule has 0 aromatic carbocycles. The zero-order valence-corrected chi connectivity index (χ0v) is 7.06. The van der Waals surface area contributed by atoms with Gasteiger partial charge in [-0.05, 0) is 26.0 Å². The molecule has 0 saturated heterocycles. The highest BCUT2D eigenvalue weighted by molar-refractivity contribution is 7.71. The molecule has 0 aliphatic carbocycles. The van der Waals surface area contributed by atoms with E-state index in [0.717, 1.165) is 4.64 Å². The summed E-state index contributed by atoms with van der Waals surface area (Å²) >= 11 is 5.09. The molecule has 0 bridgehead atoms. The summed E-state index contributed by atoms with van der Waals surface area (Å²) in [5, 5.41) is 0. The molecular weight excluding hydrogens is 142 g/mol. The Morgan fingerprint density at radius 1 is 1.40 bits per heavy atom. The number of pyridine rings is 1. The molecule has 0 atom stereocenters. The molecule has 1 aromatic rings. The van der Waals surface area contributed by atoms with Crippen molar-refractivity contribution < 1.29 is 0 Å². The second-order valence-electron chi connectivity index (χ2n) is 2.54. The van der Waals surface area contributed by atoms with Crippen LogP contribution in [0.3, 0.4) is 0 Å². The first-order valence-corrected chi connectivity index (χ1v) is 3.80. The van der Waals surface area contributed by atoms with E-state index in [4.69, 9.17) is 12.2 Å².